The molecule has 1 amide bonds. The van der Waals surface area contributed by atoms with Crippen LogP contribution in [0.1, 0.15) is 48.2 Å². The Kier molecular flexibility index (Phi) is 5.19. The van der Waals surface area contributed by atoms with Crippen LogP contribution < -0.4 is 10.2 Å². The number of carbonyl (C=O) groups excluding carboxylic acids is 1. The number of anilines is 1. The largest absolute Gasteiger partial charge is 0.367 e. The van der Waals surface area contributed by atoms with Gasteiger partial charge in [-0.2, -0.15) is 0 Å². The quantitative estimate of drug-likeness (QED) is 0.896. The molecule has 3 heteroatoms. The van der Waals surface area contributed by atoms with Crippen LogP contribution in [0.25, 0.3) is 0 Å². The number of rotatable bonds is 5. The number of aryl methyl sites for hydroxylation is 1. The molecule has 1 atom stereocenters. The molecule has 3 nitrogen and oxygen atoms in total. The van der Waals surface area contributed by atoms with Gasteiger partial charge in [0.2, 0.25) is 0 Å². The van der Waals surface area contributed by atoms with E-state index >= 15 is 0 Å². The van der Waals surface area contributed by atoms with Gasteiger partial charge in [0.1, 0.15) is 0 Å². The van der Waals surface area contributed by atoms with Crippen LogP contribution in [0.5, 0.6) is 0 Å². The number of hydrogen-bond acceptors (Lipinski definition) is 2. The first-order valence-corrected chi connectivity index (χ1v) is 8.90. The van der Waals surface area contributed by atoms with Gasteiger partial charge >= 0.3 is 0 Å². The van der Waals surface area contributed by atoms with Gasteiger partial charge in [-0.05, 0) is 55.5 Å². The number of carbonyl (C=O) groups is 1. The molecule has 1 heterocycles. The summed E-state index contributed by atoms with van der Waals surface area (Å²) in [5.74, 6) is 0.0132. The van der Waals surface area contributed by atoms with Gasteiger partial charge in [0, 0.05) is 30.4 Å². The SMILES string of the molecule is CC[C@H](C)NC(=O)c1ccc(CN2CCCc3ccccc32)cc1. The van der Waals surface area contributed by atoms with Crippen LogP contribution in [0, 0.1) is 0 Å². The number of nitrogens with zero attached hydrogens (tertiary/aromatic N) is 1. The Morgan fingerprint density at radius 3 is 2.67 bits per heavy atom. The van der Waals surface area contributed by atoms with Crippen LogP contribution >= 0.6 is 0 Å². The minimum atomic E-state index is 0.0132. The molecule has 3 rings (SSSR count). The molecule has 24 heavy (non-hydrogen) atoms. The Hall–Kier alpha value is -2.29. The van der Waals surface area contributed by atoms with Crippen molar-refractivity contribution in [2.45, 2.75) is 45.7 Å². The van der Waals surface area contributed by atoms with E-state index in [1.165, 1.54) is 29.7 Å². The minimum absolute atomic E-state index is 0.0132. The summed E-state index contributed by atoms with van der Waals surface area (Å²) in [6, 6.07) is 16.9. The van der Waals surface area contributed by atoms with Crippen LogP contribution in [0.4, 0.5) is 5.69 Å². The van der Waals surface area contributed by atoms with E-state index in [-0.39, 0.29) is 11.9 Å². The zero-order chi connectivity index (χ0) is 16.9. The minimum Gasteiger partial charge on any atom is -0.367 e. The molecule has 0 saturated heterocycles. The van der Waals surface area contributed by atoms with Crippen molar-refractivity contribution in [2.24, 2.45) is 0 Å². The van der Waals surface area contributed by atoms with Gasteiger partial charge in [-0.15, -0.1) is 0 Å². The van der Waals surface area contributed by atoms with Crippen LogP contribution in [0.15, 0.2) is 48.5 Å². The Bertz CT molecular complexity index is 693. The number of para-hydroxylation sites is 1. The van der Waals surface area contributed by atoms with Crippen molar-refractivity contribution in [1.82, 2.24) is 5.32 Å². The van der Waals surface area contributed by atoms with E-state index in [4.69, 9.17) is 0 Å². The van der Waals surface area contributed by atoms with Crippen molar-refractivity contribution in [3.05, 3.63) is 65.2 Å². The zero-order valence-corrected chi connectivity index (χ0v) is 14.6. The smallest absolute Gasteiger partial charge is 0.251 e. The molecule has 0 saturated carbocycles. The Balaban J connectivity index is 1.68. The normalized spacial score (nSPS) is 14.8. The number of benzene rings is 2. The van der Waals surface area contributed by atoms with Crippen LogP contribution in [-0.2, 0) is 13.0 Å². The van der Waals surface area contributed by atoms with Crippen molar-refractivity contribution in [3.8, 4) is 0 Å². The first-order valence-electron chi connectivity index (χ1n) is 8.90. The van der Waals surface area contributed by atoms with E-state index in [2.05, 4.69) is 53.5 Å². The van der Waals surface area contributed by atoms with Crippen molar-refractivity contribution >= 4 is 11.6 Å². The van der Waals surface area contributed by atoms with Crippen molar-refractivity contribution < 1.29 is 4.79 Å². The molecule has 0 aromatic heterocycles. The second-order valence-electron chi connectivity index (χ2n) is 6.63. The van der Waals surface area contributed by atoms with Gasteiger partial charge in [0.25, 0.3) is 5.91 Å². The fourth-order valence-corrected chi connectivity index (χ4v) is 3.17. The van der Waals surface area contributed by atoms with Crippen LogP contribution in [0.2, 0.25) is 0 Å². The van der Waals surface area contributed by atoms with Gasteiger partial charge in [0.15, 0.2) is 0 Å². The summed E-state index contributed by atoms with van der Waals surface area (Å²) in [4.78, 5) is 14.6. The lowest BCUT2D eigenvalue weighted by atomic mass is 10.0. The zero-order valence-electron chi connectivity index (χ0n) is 14.6. The molecule has 1 aliphatic rings. The summed E-state index contributed by atoms with van der Waals surface area (Å²) >= 11 is 0. The van der Waals surface area contributed by atoms with Gasteiger partial charge < -0.3 is 10.2 Å². The lowest BCUT2D eigenvalue weighted by Gasteiger charge is -2.31. The molecule has 1 aliphatic heterocycles. The monoisotopic (exact) mass is 322 g/mol. The van der Waals surface area contributed by atoms with Crippen LogP contribution in [0.3, 0.4) is 0 Å². The van der Waals surface area contributed by atoms with E-state index in [9.17, 15) is 4.79 Å². The number of hydrogen-bond donors (Lipinski definition) is 1. The number of fused-ring (bicyclic) bond motifs is 1. The molecular formula is C21H26N2O. The summed E-state index contributed by atoms with van der Waals surface area (Å²) in [7, 11) is 0. The van der Waals surface area contributed by atoms with E-state index < -0.39 is 0 Å². The lowest BCUT2D eigenvalue weighted by Crippen LogP contribution is -2.32. The molecular weight excluding hydrogens is 296 g/mol. The molecule has 2 aromatic carbocycles. The maximum atomic E-state index is 12.2. The predicted octanol–water partition coefficient (Wildman–Crippen LogP) is 4.17. The third-order valence-electron chi connectivity index (χ3n) is 4.79. The Morgan fingerprint density at radius 1 is 1.17 bits per heavy atom. The third kappa shape index (κ3) is 3.78. The first kappa shape index (κ1) is 16.6. The highest BCUT2D eigenvalue weighted by Gasteiger charge is 2.16. The van der Waals surface area contributed by atoms with E-state index in [0.29, 0.717) is 0 Å². The summed E-state index contributed by atoms with van der Waals surface area (Å²) in [5, 5.41) is 3.01. The average molecular weight is 322 g/mol. The fourth-order valence-electron chi connectivity index (χ4n) is 3.17. The van der Waals surface area contributed by atoms with Crippen molar-refractivity contribution in [1.29, 1.82) is 0 Å². The molecule has 0 bridgehead atoms. The maximum absolute atomic E-state index is 12.2. The van der Waals surface area contributed by atoms with E-state index in [1.807, 2.05) is 19.1 Å². The molecule has 0 radical (unpaired) electrons. The van der Waals surface area contributed by atoms with Gasteiger partial charge in [-0.1, -0.05) is 37.3 Å². The number of amides is 1. The van der Waals surface area contributed by atoms with Gasteiger partial charge in [-0.3, -0.25) is 4.79 Å². The van der Waals surface area contributed by atoms with Crippen molar-refractivity contribution in [3.63, 3.8) is 0 Å². The van der Waals surface area contributed by atoms with Gasteiger partial charge in [0.05, 0.1) is 0 Å². The van der Waals surface area contributed by atoms with Gasteiger partial charge in [-0.25, -0.2) is 0 Å². The highest BCUT2D eigenvalue weighted by atomic mass is 16.1. The summed E-state index contributed by atoms with van der Waals surface area (Å²) in [6.45, 7) is 6.09. The fraction of sp³-hybridized carbons (Fsp3) is 0.381. The molecule has 1 N–H and O–H groups in total. The molecule has 2 aromatic rings. The van der Waals surface area contributed by atoms with E-state index in [1.54, 1.807) is 0 Å². The first-order chi connectivity index (χ1) is 11.7. The molecule has 0 spiro atoms. The Morgan fingerprint density at radius 2 is 1.92 bits per heavy atom. The lowest BCUT2D eigenvalue weighted by molar-refractivity contribution is 0.0939. The third-order valence-corrected chi connectivity index (χ3v) is 4.79. The molecule has 0 fully saturated rings. The molecule has 126 valence electrons. The van der Waals surface area contributed by atoms with Crippen LogP contribution in [-0.4, -0.2) is 18.5 Å². The highest BCUT2D eigenvalue weighted by Crippen LogP contribution is 2.28. The number of nitrogens with one attached hydrogen (secondary N) is 1. The van der Waals surface area contributed by atoms with E-state index in [0.717, 1.165) is 25.1 Å². The summed E-state index contributed by atoms with van der Waals surface area (Å²) in [5.41, 5.74) is 4.76. The predicted molar refractivity (Wildman–Crippen MR) is 99.5 cm³/mol. The maximum Gasteiger partial charge on any atom is 0.251 e. The second kappa shape index (κ2) is 7.52. The highest BCUT2D eigenvalue weighted by molar-refractivity contribution is 5.94. The van der Waals surface area contributed by atoms with Crippen molar-refractivity contribution in [2.75, 3.05) is 11.4 Å². The molecule has 0 unspecified atom stereocenters. The summed E-state index contributed by atoms with van der Waals surface area (Å²) < 4.78 is 0. The summed E-state index contributed by atoms with van der Waals surface area (Å²) in [6.07, 6.45) is 3.31. The topological polar surface area (TPSA) is 32.3 Å². The Labute approximate surface area is 144 Å². The average Bonchev–Trinajstić information content (AvgIpc) is 2.62. The molecule has 0 aliphatic carbocycles. The standard InChI is InChI=1S/C21H26N2O/c1-3-16(2)22-21(24)19-12-10-17(11-13-19)15-23-14-6-8-18-7-4-5-9-20(18)23/h4-5,7,9-13,16H,3,6,8,14-15H2,1-2H3,(H,22,24)/t16-/m0/s1. The second-order valence-corrected chi connectivity index (χ2v) is 6.63.